The number of H-pyrrole nitrogens is 1. The Hall–Kier alpha value is -1.81. The minimum absolute atomic E-state index is 0.0983. The van der Waals surface area contributed by atoms with Gasteiger partial charge in [0.15, 0.2) is 5.82 Å². The largest absolute Gasteiger partial charge is 0.309 e. The van der Waals surface area contributed by atoms with Crippen molar-refractivity contribution in [3.8, 4) is 0 Å². The first-order valence-electron chi connectivity index (χ1n) is 5.20. The number of nitrogens with one attached hydrogen (secondary N) is 2. The van der Waals surface area contributed by atoms with Gasteiger partial charge in [-0.15, -0.1) is 0 Å². The van der Waals surface area contributed by atoms with Crippen LogP contribution in [0.3, 0.4) is 0 Å². The molecule has 0 radical (unpaired) electrons. The normalized spacial score (nSPS) is 10.2. The van der Waals surface area contributed by atoms with Gasteiger partial charge in [-0.2, -0.15) is 5.10 Å². The van der Waals surface area contributed by atoms with Gasteiger partial charge in [0.05, 0.1) is 6.42 Å². The van der Waals surface area contributed by atoms with Crippen molar-refractivity contribution in [2.75, 3.05) is 5.32 Å². The average Bonchev–Trinajstić information content (AvgIpc) is 2.67. The molecule has 1 amide bonds. The molecule has 0 unspecified atom stereocenters. The Balaban J connectivity index is 1.95. The average molecular weight is 250 g/mol. The number of hydrogen-bond donors (Lipinski definition) is 2. The summed E-state index contributed by atoms with van der Waals surface area (Å²) in [6, 6.07) is 8.97. The molecule has 0 aliphatic carbocycles. The van der Waals surface area contributed by atoms with Crippen LogP contribution in [0.2, 0.25) is 5.02 Å². The van der Waals surface area contributed by atoms with Gasteiger partial charge in [-0.3, -0.25) is 9.89 Å². The quantitative estimate of drug-likeness (QED) is 0.878. The smallest absolute Gasteiger partial charge is 0.229 e. The Morgan fingerprint density at radius 3 is 2.71 bits per heavy atom. The maximum absolute atomic E-state index is 11.7. The van der Waals surface area contributed by atoms with E-state index < -0.39 is 0 Å². The van der Waals surface area contributed by atoms with Crippen LogP contribution in [0, 0.1) is 6.92 Å². The van der Waals surface area contributed by atoms with Gasteiger partial charge in [0.25, 0.3) is 0 Å². The highest BCUT2D eigenvalue weighted by Crippen LogP contribution is 2.11. The Kier molecular flexibility index (Phi) is 3.44. The zero-order valence-electron chi connectivity index (χ0n) is 9.33. The first-order valence-corrected chi connectivity index (χ1v) is 5.57. The van der Waals surface area contributed by atoms with Crippen LogP contribution in [0.25, 0.3) is 0 Å². The molecule has 0 spiro atoms. The third-order valence-electron chi connectivity index (χ3n) is 2.25. The van der Waals surface area contributed by atoms with E-state index in [1.54, 1.807) is 18.2 Å². The van der Waals surface area contributed by atoms with Crippen molar-refractivity contribution in [1.82, 2.24) is 10.2 Å². The predicted octanol–water partition coefficient (Wildman–Crippen LogP) is 2.55. The topological polar surface area (TPSA) is 57.8 Å². The third kappa shape index (κ3) is 3.32. The van der Waals surface area contributed by atoms with Crippen LogP contribution < -0.4 is 5.32 Å². The number of carbonyl (C=O) groups excluding carboxylic acids is 1. The van der Waals surface area contributed by atoms with Gasteiger partial charge in [-0.1, -0.05) is 23.7 Å². The SMILES string of the molecule is Cc1cc(NC(=O)Cc2ccc(Cl)cc2)n[nH]1. The molecule has 1 heterocycles. The highest BCUT2D eigenvalue weighted by atomic mass is 35.5. The zero-order valence-corrected chi connectivity index (χ0v) is 10.1. The lowest BCUT2D eigenvalue weighted by Gasteiger charge is -2.02. The number of rotatable bonds is 3. The van der Waals surface area contributed by atoms with Crippen LogP contribution in [-0.2, 0) is 11.2 Å². The molecule has 5 heteroatoms. The Labute approximate surface area is 104 Å². The fraction of sp³-hybridized carbons (Fsp3) is 0.167. The molecule has 2 rings (SSSR count). The highest BCUT2D eigenvalue weighted by molar-refractivity contribution is 6.30. The van der Waals surface area contributed by atoms with Crippen LogP contribution in [-0.4, -0.2) is 16.1 Å². The van der Waals surface area contributed by atoms with E-state index in [0.29, 0.717) is 17.3 Å². The van der Waals surface area contributed by atoms with E-state index in [-0.39, 0.29) is 5.91 Å². The molecule has 0 atom stereocenters. The van der Waals surface area contributed by atoms with Gasteiger partial charge >= 0.3 is 0 Å². The fourth-order valence-corrected chi connectivity index (χ4v) is 1.58. The van der Waals surface area contributed by atoms with Gasteiger partial charge in [-0.25, -0.2) is 0 Å². The second kappa shape index (κ2) is 5.01. The molecule has 0 fully saturated rings. The summed E-state index contributed by atoms with van der Waals surface area (Å²) in [6.07, 6.45) is 0.309. The first-order chi connectivity index (χ1) is 8.13. The number of aryl methyl sites for hydroxylation is 1. The molecule has 4 nitrogen and oxygen atoms in total. The summed E-state index contributed by atoms with van der Waals surface area (Å²) in [6.45, 7) is 1.88. The molecular formula is C12H12ClN3O. The van der Waals surface area contributed by atoms with E-state index in [9.17, 15) is 4.79 Å². The van der Waals surface area contributed by atoms with Gasteiger partial charge in [0.2, 0.25) is 5.91 Å². The molecule has 2 N–H and O–H groups in total. The van der Waals surface area contributed by atoms with Crippen molar-refractivity contribution in [1.29, 1.82) is 0 Å². The Bertz CT molecular complexity index is 519. The van der Waals surface area contributed by atoms with E-state index >= 15 is 0 Å². The van der Waals surface area contributed by atoms with Crippen LogP contribution in [0.5, 0.6) is 0 Å². The van der Waals surface area contributed by atoms with Gasteiger partial charge < -0.3 is 5.32 Å². The summed E-state index contributed by atoms with van der Waals surface area (Å²) in [4.78, 5) is 11.7. The standard InChI is InChI=1S/C12H12ClN3O/c1-8-6-11(16-15-8)14-12(17)7-9-2-4-10(13)5-3-9/h2-6H,7H2,1H3,(H2,14,15,16,17). The lowest BCUT2D eigenvalue weighted by molar-refractivity contribution is -0.115. The van der Waals surface area contributed by atoms with Crippen molar-refractivity contribution in [2.24, 2.45) is 0 Å². The second-order valence-corrected chi connectivity index (χ2v) is 4.22. The number of aromatic nitrogens is 2. The van der Waals surface area contributed by atoms with E-state index in [2.05, 4.69) is 15.5 Å². The molecule has 0 aliphatic rings. The summed E-state index contributed by atoms with van der Waals surface area (Å²) in [5, 5.41) is 10.1. The van der Waals surface area contributed by atoms with Crippen molar-refractivity contribution in [3.63, 3.8) is 0 Å². The van der Waals surface area contributed by atoms with Gasteiger partial charge in [0, 0.05) is 16.8 Å². The number of hydrogen-bond acceptors (Lipinski definition) is 2. The summed E-state index contributed by atoms with van der Waals surface area (Å²) in [5.41, 5.74) is 1.82. The highest BCUT2D eigenvalue weighted by Gasteiger charge is 2.05. The number of nitrogens with zero attached hydrogens (tertiary/aromatic N) is 1. The summed E-state index contributed by atoms with van der Waals surface area (Å²) < 4.78 is 0. The van der Waals surface area contributed by atoms with E-state index in [1.807, 2.05) is 19.1 Å². The minimum Gasteiger partial charge on any atom is -0.309 e. The van der Waals surface area contributed by atoms with E-state index in [4.69, 9.17) is 11.6 Å². The zero-order chi connectivity index (χ0) is 12.3. The van der Waals surface area contributed by atoms with Crippen molar-refractivity contribution in [3.05, 3.63) is 46.6 Å². The number of halogens is 1. The monoisotopic (exact) mass is 249 g/mol. The summed E-state index contributed by atoms with van der Waals surface area (Å²) in [5.74, 6) is 0.445. The second-order valence-electron chi connectivity index (χ2n) is 3.79. The molecule has 0 aliphatic heterocycles. The molecule has 1 aromatic carbocycles. The van der Waals surface area contributed by atoms with Crippen molar-refractivity contribution >= 4 is 23.3 Å². The number of anilines is 1. The van der Waals surface area contributed by atoms with Crippen LogP contribution in [0.15, 0.2) is 30.3 Å². The maximum Gasteiger partial charge on any atom is 0.229 e. The maximum atomic E-state index is 11.7. The molecule has 1 aromatic heterocycles. The third-order valence-corrected chi connectivity index (χ3v) is 2.50. The minimum atomic E-state index is -0.0983. The molecule has 0 saturated heterocycles. The van der Waals surface area contributed by atoms with Crippen LogP contribution in [0.4, 0.5) is 5.82 Å². The fourth-order valence-electron chi connectivity index (χ4n) is 1.46. The van der Waals surface area contributed by atoms with E-state index in [0.717, 1.165) is 11.3 Å². The summed E-state index contributed by atoms with van der Waals surface area (Å²) >= 11 is 5.77. The lowest BCUT2D eigenvalue weighted by Crippen LogP contribution is -2.14. The molecule has 88 valence electrons. The lowest BCUT2D eigenvalue weighted by atomic mass is 10.1. The molecular weight excluding hydrogens is 238 g/mol. The number of aromatic amines is 1. The molecule has 2 aromatic rings. The molecule has 0 saturated carbocycles. The number of benzene rings is 1. The first kappa shape index (κ1) is 11.7. The van der Waals surface area contributed by atoms with Crippen LogP contribution >= 0.6 is 11.6 Å². The number of carbonyl (C=O) groups is 1. The molecule has 17 heavy (non-hydrogen) atoms. The Morgan fingerprint density at radius 1 is 1.41 bits per heavy atom. The number of amides is 1. The van der Waals surface area contributed by atoms with E-state index in [1.165, 1.54) is 0 Å². The Morgan fingerprint density at radius 2 is 2.12 bits per heavy atom. The van der Waals surface area contributed by atoms with Crippen molar-refractivity contribution in [2.45, 2.75) is 13.3 Å². The molecule has 0 bridgehead atoms. The van der Waals surface area contributed by atoms with Gasteiger partial charge in [-0.05, 0) is 24.6 Å². The van der Waals surface area contributed by atoms with Crippen molar-refractivity contribution < 1.29 is 4.79 Å². The van der Waals surface area contributed by atoms with Gasteiger partial charge in [0.1, 0.15) is 0 Å². The summed E-state index contributed by atoms with van der Waals surface area (Å²) in [7, 11) is 0. The van der Waals surface area contributed by atoms with Crippen LogP contribution in [0.1, 0.15) is 11.3 Å². The predicted molar refractivity (Wildman–Crippen MR) is 67.1 cm³/mol.